The number of aldehydes is 1. The molecule has 1 aromatic heterocycles. The number of hydrogen-bond donors (Lipinski definition) is 1. The van der Waals surface area contributed by atoms with Crippen molar-refractivity contribution in [3.05, 3.63) is 42.2 Å². The molecule has 0 aliphatic rings. The van der Waals surface area contributed by atoms with Gasteiger partial charge >= 0.3 is 0 Å². The maximum absolute atomic E-state index is 11.1. The molecule has 0 atom stereocenters. The van der Waals surface area contributed by atoms with Crippen LogP contribution in [0, 0.1) is 0 Å². The molecule has 0 radical (unpaired) electrons. The van der Waals surface area contributed by atoms with Crippen LogP contribution in [0.5, 0.6) is 0 Å². The number of benzene rings is 1. The summed E-state index contributed by atoms with van der Waals surface area (Å²) in [5.74, 6) is 0.661. The molecule has 0 saturated carbocycles. The van der Waals surface area contributed by atoms with E-state index in [1.54, 1.807) is 18.2 Å². The molecule has 1 heterocycles. The van der Waals surface area contributed by atoms with Crippen molar-refractivity contribution in [3.8, 4) is 11.3 Å². The molecular formula is C13H11NO3. The summed E-state index contributed by atoms with van der Waals surface area (Å²) in [6, 6.07) is 10.5. The van der Waals surface area contributed by atoms with Crippen molar-refractivity contribution < 1.29 is 14.0 Å². The zero-order valence-electron chi connectivity index (χ0n) is 9.27. The summed E-state index contributed by atoms with van der Waals surface area (Å²) in [7, 11) is 0. The van der Waals surface area contributed by atoms with Crippen LogP contribution in [0.4, 0.5) is 5.69 Å². The highest BCUT2D eigenvalue weighted by Gasteiger charge is 2.09. The summed E-state index contributed by atoms with van der Waals surface area (Å²) >= 11 is 0. The maximum Gasteiger partial charge on any atom is 0.221 e. The minimum Gasteiger partial charge on any atom is -0.453 e. The third-order valence-electron chi connectivity index (χ3n) is 2.25. The van der Waals surface area contributed by atoms with Gasteiger partial charge in [0.05, 0.1) is 5.69 Å². The zero-order valence-corrected chi connectivity index (χ0v) is 9.27. The summed E-state index contributed by atoms with van der Waals surface area (Å²) in [5.41, 5.74) is 1.41. The molecule has 1 N–H and O–H groups in total. The minimum atomic E-state index is -0.153. The van der Waals surface area contributed by atoms with E-state index in [0.717, 1.165) is 5.56 Å². The molecule has 1 amide bonds. The predicted octanol–water partition coefficient (Wildman–Crippen LogP) is 2.72. The van der Waals surface area contributed by atoms with E-state index in [0.29, 0.717) is 17.7 Å². The van der Waals surface area contributed by atoms with E-state index in [-0.39, 0.29) is 11.7 Å². The minimum absolute atomic E-state index is 0.153. The van der Waals surface area contributed by atoms with Gasteiger partial charge in [-0.25, -0.2) is 0 Å². The van der Waals surface area contributed by atoms with E-state index >= 15 is 0 Å². The summed E-state index contributed by atoms with van der Waals surface area (Å²) in [4.78, 5) is 21.6. The van der Waals surface area contributed by atoms with Crippen LogP contribution in [0.3, 0.4) is 0 Å². The van der Waals surface area contributed by atoms with Gasteiger partial charge in [0.1, 0.15) is 5.76 Å². The van der Waals surface area contributed by atoms with E-state index in [1.807, 2.05) is 18.2 Å². The van der Waals surface area contributed by atoms with Crippen LogP contribution in [-0.4, -0.2) is 12.2 Å². The lowest BCUT2D eigenvalue weighted by Gasteiger charge is -2.06. The Labute approximate surface area is 98.3 Å². The molecule has 0 fully saturated rings. The fourth-order valence-corrected chi connectivity index (χ4v) is 1.56. The van der Waals surface area contributed by atoms with E-state index in [2.05, 4.69) is 5.32 Å². The second kappa shape index (κ2) is 4.65. The van der Waals surface area contributed by atoms with Crippen LogP contribution in [0.15, 0.2) is 40.8 Å². The van der Waals surface area contributed by atoms with Crippen molar-refractivity contribution in [3.63, 3.8) is 0 Å². The smallest absolute Gasteiger partial charge is 0.221 e. The lowest BCUT2D eigenvalue weighted by Crippen LogP contribution is -2.06. The van der Waals surface area contributed by atoms with Gasteiger partial charge in [-0.05, 0) is 24.3 Å². The van der Waals surface area contributed by atoms with Crippen LogP contribution in [0.1, 0.15) is 17.5 Å². The Morgan fingerprint density at radius 3 is 2.65 bits per heavy atom. The largest absolute Gasteiger partial charge is 0.453 e. The molecule has 17 heavy (non-hydrogen) atoms. The topological polar surface area (TPSA) is 59.3 Å². The number of carbonyl (C=O) groups excluding carboxylic acids is 2. The van der Waals surface area contributed by atoms with Crippen molar-refractivity contribution in [2.24, 2.45) is 0 Å². The highest BCUT2D eigenvalue weighted by atomic mass is 16.3. The van der Waals surface area contributed by atoms with Crippen molar-refractivity contribution in [2.75, 3.05) is 5.32 Å². The zero-order chi connectivity index (χ0) is 12.3. The molecule has 0 saturated heterocycles. The molecule has 2 rings (SSSR count). The van der Waals surface area contributed by atoms with Crippen LogP contribution in [-0.2, 0) is 4.79 Å². The first-order chi connectivity index (χ1) is 8.20. The number of nitrogens with one attached hydrogen (secondary N) is 1. The molecule has 0 spiro atoms. The Kier molecular flexibility index (Phi) is 3.05. The van der Waals surface area contributed by atoms with Gasteiger partial charge in [0, 0.05) is 12.5 Å². The van der Waals surface area contributed by atoms with E-state index in [4.69, 9.17) is 4.42 Å². The third-order valence-corrected chi connectivity index (χ3v) is 2.25. The Balaban J connectivity index is 2.43. The van der Waals surface area contributed by atoms with Crippen molar-refractivity contribution in [1.29, 1.82) is 0 Å². The van der Waals surface area contributed by atoms with Gasteiger partial charge in [-0.3, -0.25) is 9.59 Å². The van der Waals surface area contributed by atoms with Crippen molar-refractivity contribution in [2.45, 2.75) is 6.92 Å². The Morgan fingerprint density at radius 1 is 1.24 bits per heavy atom. The van der Waals surface area contributed by atoms with E-state index in [1.165, 1.54) is 6.92 Å². The van der Waals surface area contributed by atoms with Gasteiger partial charge in [-0.1, -0.05) is 12.1 Å². The number of carbonyl (C=O) groups is 2. The quantitative estimate of drug-likeness (QED) is 0.823. The third kappa shape index (κ3) is 2.42. The first kappa shape index (κ1) is 11.1. The Hall–Kier alpha value is -2.36. The Morgan fingerprint density at radius 2 is 2.00 bits per heavy atom. The van der Waals surface area contributed by atoms with Crippen LogP contribution in [0.2, 0.25) is 0 Å². The fraction of sp³-hybridized carbons (Fsp3) is 0.0769. The standard InChI is InChI=1S/C13H11NO3/c1-9(16)14-12-5-3-2-4-11(12)13-7-6-10(8-15)17-13/h2-8H,1H3,(H,14,16). The summed E-state index contributed by atoms with van der Waals surface area (Å²) in [6.45, 7) is 1.44. The SMILES string of the molecule is CC(=O)Nc1ccccc1-c1ccc(C=O)o1. The van der Waals surface area contributed by atoms with Crippen LogP contribution >= 0.6 is 0 Å². The normalized spacial score (nSPS) is 9.94. The lowest BCUT2D eigenvalue weighted by molar-refractivity contribution is -0.114. The first-order valence-corrected chi connectivity index (χ1v) is 5.12. The number of furan rings is 1. The average molecular weight is 229 g/mol. The molecule has 1 aromatic carbocycles. The molecule has 0 bridgehead atoms. The molecule has 0 unspecified atom stereocenters. The fourth-order valence-electron chi connectivity index (χ4n) is 1.56. The molecule has 2 aromatic rings. The molecule has 86 valence electrons. The Bertz CT molecular complexity index is 557. The molecule has 0 aliphatic heterocycles. The van der Waals surface area contributed by atoms with Crippen LogP contribution in [0.25, 0.3) is 11.3 Å². The van der Waals surface area contributed by atoms with E-state index in [9.17, 15) is 9.59 Å². The second-order valence-electron chi connectivity index (χ2n) is 3.55. The highest BCUT2D eigenvalue weighted by Crippen LogP contribution is 2.28. The number of anilines is 1. The second-order valence-corrected chi connectivity index (χ2v) is 3.55. The number of para-hydroxylation sites is 1. The summed E-state index contributed by atoms with van der Waals surface area (Å²) in [5, 5.41) is 2.71. The predicted molar refractivity (Wildman–Crippen MR) is 63.8 cm³/mol. The number of rotatable bonds is 3. The number of amides is 1. The molecule has 4 heteroatoms. The van der Waals surface area contributed by atoms with Crippen molar-refractivity contribution >= 4 is 17.9 Å². The van der Waals surface area contributed by atoms with Gasteiger partial charge in [0.2, 0.25) is 5.91 Å². The van der Waals surface area contributed by atoms with Crippen LogP contribution < -0.4 is 5.32 Å². The van der Waals surface area contributed by atoms with E-state index < -0.39 is 0 Å². The van der Waals surface area contributed by atoms with Gasteiger partial charge < -0.3 is 9.73 Å². The molecular weight excluding hydrogens is 218 g/mol. The molecule has 4 nitrogen and oxygen atoms in total. The lowest BCUT2D eigenvalue weighted by atomic mass is 10.1. The monoisotopic (exact) mass is 229 g/mol. The number of hydrogen-bond acceptors (Lipinski definition) is 3. The highest BCUT2D eigenvalue weighted by molar-refractivity contribution is 5.93. The first-order valence-electron chi connectivity index (χ1n) is 5.12. The summed E-state index contributed by atoms with van der Waals surface area (Å²) in [6.07, 6.45) is 0.643. The van der Waals surface area contributed by atoms with Crippen molar-refractivity contribution in [1.82, 2.24) is 0 Å². The maximum atomic E-state index is 11.1. The summed E-state index contributed by atoms with van der Waals surface area (Å²) < 4.78 is 5.32. The van der Waals surface area contributed by atoms with Gasteiger partial charge in [-0.2, -0.15) is 0 Å². The molecule has 0 aliphatic carbocycles. The van der Waals surface area contributed by atoms with Gasteiger partial charge in [0.25, 0.3) is 0 Å². The van der Waals surface area contributed by atoms with Gasteiger partial charge in [0.15, 0.2) is 12.0 Å². The van der Waals surface area contributed by atoms with Gasteiger partial charge in [-0.15, -0.1) is 0 Å². The average Bonchev–Trinajstić information content (AvgIpc) is 2.77.